The van der Waals surface area contributed by atoms with Crippen molar-refractivity contribution in [3.05, 3.63) is 58.7 Å². The van der Waals surface area contributed by atoms with Gasteiger partial charge in [-0.25, -0.2) is 0 Å². The van der Waals surface area contributed by atoms with Gasteiger partial charge in [0.1, 0.15) is 5.75 Å². The fourth-order valence-electron chi connectivity index (χ4n) is 2.11. The fraction of sp³-hybridized carbons (Fsp3) is 0.188. The maximum Gasteiger partial charge on any atom is 0.419 e. The van der Waals surface area contributed by atoms with E-state index in [-0.39, 0.29) is 11.3 Å². The number of hydrogen-bond donors (Lipinski definition) is 1. The number of aliphatic imine (C=N–C) groups is 1. The summed E-state index contributed by atoms with van der Waals surface area (Å²) >= 11 is 0. The van der Waals surface area contributed by atoms with Gasteiger partial charge in [0.2, 0.25) is 0 Å². The predicted molar refractivity (Wildman–Crippen MR) is 76.5 cm³/mol. The number of nitrogens with zero attached hydrogens (tertiary/aromatic N) is 1. The Morgan fingerprint density at radius 1 is 0.917 bits per heavy atom. The average Bonchev–Trinajstić information content (AvgIpc) is 2.46. The molecule has 0 aromatic heterocycles. The summed E-state index contributed by atoms with van der Waals surface area (Å²) in [6.45, 7) is 1.57. The number of hydrogen-bond acceptors (Lipinski definition) is 2. The highest BCUT2D eigenvalue weighted by Crippen LogP contribution is 2.44. The Labute approximate surface area is 133 Å². The van der Waals surface area contributed by atoms with E-state index in [1.165, 1.54) is 12.1 Å². The van der Waals surface area contributed by atoms with E-state index < -0.39 is 29.2 Å². The molecule has 0 aliphatic heterocycles. The minimum atomic E-state index is -5.23. The van der Waals surface area contributed by atoms with Gasteiger partial charge < -0.3 is 5.11 Å². The Bertz CT molecular complexity index is 777. The van der Waals surface area contributed by atoms with Gasteiger partial charge in [-0.1, -0.05) is 18.2 Å². The van der Waals surface area contributed by atoms with E-state index in [1.807, 2.05) is 0 Å². The lowest BCUT2D eigenvalue weighted by atomic mass is 10.0. The molecule has 0 aliphatic carbocycles. The van der Waals surface area contributed by atoms with Crippen LogP contribution in [0.4, 0.5) is 32.0 Å². The fourth-order valence-corrected chi connectivity index (χ4v) is 2.11. The van der Waals surface area contributed by atoms with Crippen molar-refractivity contribution in [2.75, 3.05) is 0 Å². The average molecular weight is 347 g/mol. The van der Waals surface area contributed by atoms with Gasteiger partial charge in [0.15, 0.2) is 0 Å². The van der Waals surface area contributed by atoms with Crippen LogP contribution in [0.25, 0.3) is 0 Å². The smallest absolute Gasteiger partial charge is 0.419 e. The summed E-state index contributed by atoms with van der Waals surface area (Å²) in [5.74, 6) is -0.207. The molecule has 0 heterocycles. The van der Waals surface area contributed by atoms with Crippen LogP contribution in [-0.4, -0.2) is 11.3 Å². The van der Waals surface area contributed by atoms with E-state index in [4.69, 9.17) is 0 Å². The van der Waals surface area contributed by atoms with Gasteiger partial charge in [-0.15, -0.1) is 0 Å². The van der Waals surface area contributed by atoms with E-state index in [2.05, 4.69) is 4.99 Å². The van der Waals surface area contributed by atoms with Crippen molar-refractivity contribution in [2.45, 2.75) is 19.3 Å². The zero-order valence-electron chi connectivity index (χ0n) is 12.2. The van der Waals surface area contributed by atoms with Crippen molar-refractivity contribution in [2.24, 2.45) is 4.99 Å². The summed E-state index contributed by atoms with van der Waals surface area (Å²) in [6.07, 6.45) is -9.50. The number of benzene rings is 2. The van der Waals surface area contributed by atoms with Crippen molar-refractivity contribution in [1.29, 1.82) is 0 Å². The number of rotatable bonds is 2. The van der Waals surface area contributed by atoms with Crippen LogP contribution in [0.2, 0.25) is 0 Å². The summed E-state index contributed by atoms with van der Waals surface area (Å²) in [7, 11) is 0. The van der Waals surface area contributed by atoms with E-state index >= 15 is 0 Å². The summed E-state index contributed by atoms with van der Waals surface area (Å²) < 4.78 is 77.8. The minimum absolute atomic E-state index is 0.0977. The third kappa shape index (κ3) is 3.69. The van der Waals surface area contributed by atoms with Gasteiger partial charge in [-0.3, -0.25) is 4.99 Å². The second-order valence-corrected chi connectivity index (χ2v) is 4.97. The molecule has 0 saturated carbocycles. The second kappa shape index (κ2) is 6.18. The lowest BCUT2D eigenvalue weighted by Crippen LogP contribution is -2.16. The van der Waals surface area contributed by atoms with Crippen molar-refractivity contribution in [1.82, 2.24) is 0 Å². The van der Waals surface area contributed by atoms with Crippen molar-refractivity contribution in [3.63, 3.8) is 0 Å². The number of alkyl halides is 6. The Balaban J connectivity index is 2.59. The van der Waals surface area contributed by atoms with Gasteiger partial charge >= 0.3 is 12.4 Å². The zero-order valence-corrected chi connectivity index (χ0v) is 12.2. The predicted octanol–water partition coefficient (Wildman–Crippen LogP) is 5.49. The number of aromatic hydroxyl groups is 1. The first-order valence-electron chi connectivity index (χ1n) is 6.62. The summed E-state index contributed by atoms with van der Waals surface area (Å²) in [5.41, 5.74) is -3.99. The summed E-state index contributed by atoms with van der Waals surface area (Å²) in [4.78, 5) is 3.51. The normalized spacial score (nSPS) is 12.8. The molecule has 0 atom stereocenters. The van der Waals surface area contributed by atoms with Crippen LogP contribution in [0.15, 0.2) is 41.4 Å². The van der Waals surface area contributed by atoms with E-state index in [0.29, 0.717) is 11.6 Å². The van der Waals surface area contributed by atoms with Gasteiger partial charge in [-0.05, 0) is 30.7 Å². The third-order valence-corrected chi connectivity index (χ3v) is 3.24. The molecule has 0 fully saturated rings. The van der Waals surface area contributed by atoms with E-state index in [0.717, 1.165) is 18.3 Å². The first kappa shape index (κ1) is 17.8. The number of aryl methyl sites for hydroxylation is 1. The Morgan fingerprint density at radius 2 is 1.54 bits per heavy atom. The molecule has 0 bridgehead atoms. The SMILES string of the molecule is Cc1cccc(C=Nc2cccc(C(F)(F)F)c2C(F)(F)F)c1O. The van der Waals surface area contributed by atoms with Crippen LogP contribution in [0, 0.1) is 6.92 Å². The third-order valence-electron chi connectivity index (χ3n) is 3.24. The molecule has 1 N–H and O–H groups in total. The molecule has 2 rings (SSSR count). The standard InChI is InChI=1S/C16H11F6NO/c1-9-4-2-5-10(14(9)24)8-23-12-7-3-6-11(15(17,18)19)13(12)16(20,21)22/h2-8,24H,1H3. The van der Waals surface area contributed by atoms with E-state index in [9.17, 15) is 31.4 Å². The number of halogens is 6. The van der Waals surface area contributed by atoms with Gasteiger partial charge in [-0.2, -0.15) is 26.3 Å². The Hall–Kier alpha value is -2.51. The Kier molecular flexibility index (Phi) is 4.59. The van der Waals surface area contributed by atoms with Crippen LogP contribution in [-0.2, 0) is 12.4 Å². The topological polar surface area (TPSA) is 32.6 Å². The molecule has 0 aliphatic rings. The van der Waals surface area contributed by atoms with Gasteiger partial charge in [0, 0.05) is 11.8 Å². The van der Waals surface area contributed by atoms with Gasteiger partial charge in [0.05, 0.1) is 16.8 Å². The molecule has 0 radical (unpaired) electrons. The molecule has 2 nitrogen and oxygen atoms in total. The van der Waals surface area contributed by atoms with Crippen molar-refractivity contribution in [3.8, 4) is 5.75 Å². The lowest BCUT2D eigenvalue weighted by molar-refractivity contribution is -0.161. The highest BCUT2D eigenvalue weighted by Gasteiger charge is 2.44. The second-order valence-electron chi connectivity index (χ2n) is 4.97. The van der Waals surface area contributed by atoms with Crippen LogP contribution >= 0.6 is 0 Å². The number of phenols is 1. The van der Waals surface area contributed by atoms with Crippen molar-refractivity contribution >= 4 is 11.9 Å². The molecule has 2 aromatic rings. The zero-order chi connectivity index (χ0) is 18.1. The molecule has 128 valence electrons. The van der Waals surface area contributed by atoms with Crippen molar-refractivity contribution < 1.29 is 31.4 Å². The summed E-state index contributed by atoms with van der Waals surface area (Å²) in [5, 5.41) is 9.80. The monoisotopic (exact) mass is 347 g/mol. The van der Waals surface area contributed by atoms with Crippen LogP contribution < -0.4 is 0 Å². The highest BCUT2D eigenvalue weighted by atomic mass is 19.4. The maximum absolute atomic E-state index is 13.1. The van der Waals surface area contributed by atoms with Crippen LogP contribution in [0.5, 0.6) is 5.75 Å². The first-order chi connectivity index (χ1) is 11.0. The molecule has 2 aromatic carbocycles. The molecular weight excluding hydrogens is 336 g/mol. The largest absolute Gasteiger partial charge is 0.507 e. The number of para-hydroxylation sites is 1. The molecule has 0 amide bonds. The molecule has 8 heteroatoms. The number of phenolic OH excluding ortho intramolecular Hbond substituents is 1. The first-order valence-corrected chi connectivity index (χ1v) is 6.62. The quantitative estimate of drug-likeness (QED) is 0.566. The molecule has 24 heavy (non-hydrogen) atoms. The molecule has 0 spiro atoms. The Morgan fingerprint density at radius 3 is 2.12 bits per heavy atom. The van der Waals surface area contributed by atoms with Gasteiger partial charge in [0.25, 0.3) is 0 Å². The molecule has 0 unspecified atom stereocenters. The maximum atomic E-state index is 13.1. The highest BCUT2D eigenvalue weighted by molar-refractivity contribution is 5.86. The summed E-state index contributed by atoms with van der Waals surface area (Å²) in [6, 6.07) is 6.52. The van der Waals surface area contributed by atoms with E-state index in [1.54, 1.807) is 13.0 Å². The molecular formula is C16H11F6NO. The van der Waals surface area contributed by atoms with Crippen LogP contribution in [0.3, 0.4) is 0 Å². The molecule has 0 saturated heterocycles. The lowest BCUT2D eigenvalue weighted by Gasteiger charge is -2.17. The van der Waals surface area contributed by atoms with Crippen LogP contribution in [0.1, 0.15) is 22.3 Å². The minimum Gasteiger partial charge on any atom is -0.507 e.